The summed E-state index contributed by atoms with van der Waals surface area (Å²) in [5.74, 6) is -7.41. The van der Waals surface area contributed by atoms with Crippen molar-refractivity contribution in [3.63, 3.8) is 0 Å². The largest absolute Gasteiger partial charge is 0.401 e. The number of carbonyl (C=O) groups excluding carboxylic acids is 2. The predicted octanol–water partition coefficient (Wildman–Crippen LogP) is 5.65. The van der Waals surface area contributed by atoms with Gasteiger partial charge in [-0.2, -0.15) is 36.5 Å². The summed E-state index contributed by atoms with van der Waals surface area (Å²) in [5.41, 5.74) is 0.977. The second kappa shape index (κ2) is 13.8. The van der Waals surface area contributed by atoms with Gasteiger partial charge >= 0.3 is 12.4 Å². The molecule has 0 radical (unpaired) electrons. The molecule has 1 saturated carbocycles. The molecule has 3 aromatic heterocycles. The lowest BCUT2D eigenvalue weighted by atomic mass is 9.81. The molecule has 2 amide bonds. The highest BCUT2D eigenvalue weighted by molar-refractivity contribution is 5.92. The first-order valence-corrected chi connectivity index (χ1v) is 16.1. The quantitative estimate of drug-likeness (QED) is 0.264. The zero-order valence-electron chi connectivity index (χ0n) is 27.1. The third kappa shape index (κ3) is 8.49. The van der Waals surface area contributed by atoms with E-state index in [1.165, 1.54) is 47.7 Å². The molecule has 270 valence electrons. The summed E-state index contributed by atoms with van der Waals surface area (Å²) in [5, 5.41) is 13.9. The first kappa shape index (κ1) is 36.5. The lowest BCUT2D eigenvalue weighted by Crippen LogP contribution is -2.47. The summed E-state index contributed by atoms with van der Waals surface area (Å²) >= 11 is 0. The maximum Gasteiger partial charge on any atom is 0.401 e. The van der Waals surface area contributed by atoms with Crippen LogP contribution < -0.4 is 10.6 Å². The Morgan fingerprint density at radius 3 is 2.51 bits per heavy atom. The number of nitrogens with zero attached hydrogens (tertiary/aromatic N) is 6. The second-order valence-corrected chi connectivity index (χ2v) is 13.0. The minimum atomic E-state index is -4.57. The van der Waals surface area contributed by atoms with Gasteiger partial charge in [-0.1, -0.05) is 0 Å². The topological polar surface area (TPSA) is 109 Å². The van der Waals surface area contributed by atoms with Crippen LogP contribution in [0.2, 0.25) is 0 Å². The molecule has 1 saturated heterocycles. The molecule has 0 aromatic carbocycles. The van der Waals surface area contributed by atoms with Crippen LogP contribution in [0.4, 0.5) is 35.1 Å². The second-order valence-electron chi connectivity index (χ2n) is 13.0. The number of aryl methyl sites for hydroxylation is 1. The minimum Gasteiger partial charge on any atom is -0.355 e. The van der Waals surface area contributed by atoms with Gasteiger partial charge < -0.3 is 10.6 Å². The van der Waals surface area contributed by atoms with Crippen LogP contribution in [-0.4, -0.2) is 79.5 Å². The number of fused-ring (bicyclic) bond motifs is 1. The van der Waals surface area contributed by atoms with E-state index in [0.29, 0.717) is 6.54 Å². The molecule has 4 atom stereocenters. The molecule has 1 aliphatic heterocycles. The minimum absolute atomic E-state index is 0.0687. The van der Waals surface area contributed by atoms with Gasteiger partial charge in [0.2, 0.25) is 11.8 Å². The predicted molar refractivity (Wildman–Crippen MR) is 159 cm³/mol. The van der Waals surface area contributed by atoms with E-state index in [0.717, 1.165) is 4.90 Å². The Hall–Kier alpha value is -3.83. The fourth-order valence-electron chi connectivity index (χ4n) is 6.70. The normalized spacial score (nSPS) is 21.9. The Morgan fingerprint density at radius 2 is 1.88 bits per heavy atom. The number of hydrogen-bond donors (Lipinski definition) is 2. The highest BCUT2D eigenvalue weighted by Gasteiger charge is 2.45. The highest BCUT2D eigenvalue weighted by atomic mass is 19.4. The summed E-state index contributed by atoms with van der Waals surface area (Å²) in [4.78, 5) is 31.8. The van der Waals surface area contributed by atoms with E-state index in [2.05, 4.69) is 25.8 Å². The van der Waals surface area contributed by atoms with Crippen molar-refractivity contribution in [3.8, 4) is 0 Å². The van der Waals surface area contributed by atoms with Gasteiger partial charge in [-0.15, -0.1) is 0 Å². The van der Waals surface area contributed by atoms with E-state index in [4.69, 9.17) is 0 Å². The zero-order valence-corrected chi connectivity index (χ0v) is 27.1. The van der Waals surface area contributed by atoms with E-state index < -0.39 is 92.3 Å². The number of amides is 2. The highest BCUT2D eigenvalue weighted by Crippen LogP contribution is 2.42. The number of nitrogens with one attached hydrogen (secondary N) is 2. The van der Waals surface area contributed by atoms with E-state index in [-0.39, 0.29) is 47.6 Å². The van der Waals surface area contributed by atoms with Gasteiger partial charge in [0.05, 0.1) is 36.1 Å². The standard InChI is InChI=1S/C31H38F8N8O2/c1-4-46-24(7-10-41-46)28(49)43-26(18-5-8-29(32,33)9-6-18)23-15-47-25(42-23)13-21(17(2)45(3)16-30(34,35)36)22(44-47)12-19-11-20(31(37,38)39)14-40-27(19)48/h7,10,13,15,17-20,26H,4-6,8-9,11-12,14,16H2,1-3H3,(H,40,48)(H,43,49)/t17?,19-,20-,26+/m1/s1. The molecule has 0 spiro atoms. The third-order valence-electron chi connectivity index (χ3n) is 9.57. The maximum absolute atomic E-state index is 14.1. The van der Waals surface area contributed by atoms with Gasteiger partial charge in [-0.25, -0.2) is 18.3 Å². The number of aromatic nitrogens is 5. The van der Waals surface area contributed by atoms with Crippen molar-refractivity contribution in [3.05, 3.63) is 47.2 Å². The van der Waals surface area contributed by atoms with E-state index >= 15 is 0 Å². The number of hydrogen-bond acceptors (Lipinski definition) is 6. The molecule has 49 heavy (non-hydrogen) atoms. The third-order valence-corrected chi connectivity index (χ3v) is 9.57. The van der Waals surface area contributed by atoms with Crippen molar-refractivity contribution in [2.75, 3.05) is 20.1 Å². The Morgan fingerprint density at radius 1 is 1.18 bits per heavy atom. The number of piperidine rings is 1. The van der Waals surface area contributed by atoms with Crippen molar-refractivity contribution in [2.45, 2.75) is 89.3 Å². The molecule has 2 aliphatic rings. The number of alkyl halides is 8. The number of halogens is 8. The molecule has 5 rings (SSSR count). The number of rotatable bonds is 10. The summed E-state index contributed by atoms with van der Waals surface area (Å²) in [6, 6.07) is 1.16. The number of carbonyl (C=O) groups is 2. The SMILES string of the molecule is CCn1nccc1C(=O)N[C@H](c1cn2nc(C[C@H]3C[C@@H](C(F)(F)F)CNC3=O)c(C(C)N(C)CC(F)(F)F)cc2n1)C1CCC(F)(F)CC1. The van der Waals surface area contributed by atoms with Crippen LogP contribution in [0.1, 0.15) is 85.5 Å². The first-order chi connectivity index (χ1) is 22.8. The van der Waals surface area contributed by atoms with Crippen LogP contribution in [-0.2, 0) is 17.8 Å². The summed E-state index contributed by atoms with van der Waals surface area (Å²) < 4.78 is 112. The van der Waals surface area contributed by atoms with Crippen LogP contribution in [0.15, 0.2) is 24.5 Å². The Labute approximate surface area is 276 Å². The molecule has 10 nitrogen and oxygen atoms in total. The maximum atomic E-state index is 14.1. The van der Waals surface area contributed by atoms with Gasteiger partial charge in [0.1, 0.15) is 5.69 Å². The van der Waals surface area contributed by atoms with Crippen LogP contribution in [0.5, 0.6) is 0 Å². The average molecular weight is 707 g/mol. The fraction of sp³-hybridized carbons (Fsp3) is 0.645. The van der Waals surface area contributed by atoms with E-state index in [1.807, 2.05) is 0 Å². The Balaban J connectivity index is 1.54. The molecule has 1 unspecified atom stereocenters. The zero-order chi connectivity index (χ0) is 35.9. The van der Waals surface area contributed by atoms with Crippen molar-refractivity contribution >= 4 is 17.5 Å². The fourth-order valence-corrected chi connectivity index (χ4v) is 6.70. The molecule has 0 bridgehead atoms. The lowest BCUT2D eigenvalue weighted by Gasteiger charge is -2.33. The van der Waals surface area contributed by atoms with E-state index in [1.54, 1.807) is 6.92 Å². The van der Waals surface area contributed by atoms with Crippen molar-refractivity contribution in [2.24, 2.45) is 17.8 Å². The van der Waals surface area contributed by atoms with Crippen molar-refractivity contribution < 1.29 is 44.7 Å². The van der Waals surface area contributed by atoms with Gasteiger partial charge in [-0.3, -0.25) is 19.2 Å². The van der Waals surface area contributed by atoms with Crippen LogP contribution in [0.25, 0.3) is 5.65 Å². The first-order valence-electron chi connectivity index (χ1n) is 16.1. The molecule has 4 heterocycles. The monoisotopic (exact) mass is 706 g/mol. The van der Waals surface area contributed by atoms with Gasteiger partial charge in [-0.05, 0) is 63.8 Å². The van der Waals surface area contributed by atoms with Gasteiger partial charge in [0, 0.05) is 50.5 Å². The lowest BCUT2D eigenvalue weighted by molar-refractivity contribution is -0.183. The van der Waals surface area contributed by atoms with Crippen molar-refractivity contribution in [1.82, 2.24) is 39.9 Å². The summed E-state index contributed by atoms with van der Waals surface area (Å²) in [6.07, 6.45) is -7.69. The van der Waals surface area contributed by atoms with Crippen LogP contribution in [0.3, 0.4) is 0 Å². The Kier molecular flexibility index (Phi) is 10.3. The van der Waals surface area contributed by atoms with Gasteiger partial charge in [0.25, 0.3) is 5.91 Å². The summed E-state index contributed by atoms with van der Waals surface area (Å²) in [6.45, 7) is 1.79. The molecule has 18 heteroatoms. The molecular formula is C31H38F8N8O2. The van der Waals surface area contributed by atoms with Crippen molar-refractivity contribution in [1.29, 1.82) is 0 Å². The molecule has 2 fully saturated rings. The number of imidazole rings is 1. The molecule has 2 N–H and O–H groups in total. The van der Waals surface area contributed by atoms with E-state index in [9.17, 15) is 44.7 Å². The van der Waals surface area contributed by atoms with Crippen LogP contribution in [0, 0.1) is 17.8 Å². The summed E-state index contributed by atoms with van der Waals surface area (Å²) in [7, 11) is 1.24. The molecule has 1 aliphatic carbocycles. The average Bonchev–Trinajstić information content (AvgIpc) is 3.66. The molecular weight excluding hydrogens is 668 g/mol. The van der Waals surface area contributed by atoms with Gasteiger partial charge in [0.15, 0.2) is 5.65 Å². The van der Waals surface area contributed by atoms with Crippen LogP contribution >= 0.6 is 0 Å². The smallest absolute Gasteiger partial charge is 0.355 e. The molecule has 3 aromatic rings. The Bertz CT molecular complexity index is 1640.